The molecule has 4 rings (SSSR count). The SMILES string of the molecule is CCCCCC[n+]1ccn(-c2ccc(-c3ncc(-c4ccccc4)o3)cc2)c1. The van der Waals surface area contributed by atoms with E-state index in [-0.39, 0.29) is 0 Å². The van der Waals surface area contributed by atoms with Crippen molar-refractivity contribution < 1.29 is 8.98 Å². The molecule has 0 spiro atoms. The summed E-state index contributed by atoms with van der Waals surface area (Å²) in [6.45, 7) is 3.32. The number of unbranched alkanes of at least 4 members (excludes halogenated alkanes) is 3. The minimum Gasteiger partial charge on any atom is -0.436 e. The van der Waals surface area contributed by atoms with Gasteiger partial charge in [0.2, 0.25) is 12.2 Å². The van der Waals surface area contributed by atoms with Crippen LogP contribution in [0.4, 0.5) is 0 Å². The number of oxazole rings is 1. The van der Waals surface area contributed by atoms with Gasteiger partial charge < -0.3 is 4.42 Å². The molecule has 0 aliphatic rings. The second-order valence-electron chi connectivity index (χ2n) is 7.06. The minimum atomic E-state index is 0.642. The minimum absolute atomic E-state index is 0.642. The highest BCUT2D eigenvalue weighted by atomic mass is 16.4. The number of aryl methyl sites for hydroxylation is 1. The van der Waals surface area contributed by atoms with Gasteiger partial charge in [0.25, 0.3) is 0 Å². The third-order valence-corrected chi connectivity index (χ3v) is 4.94. The predicted molar refractivity (Wildman–Crippen MR) is 111 cm³/mol. The lowest BCUT2D eigenvalue weighted by atomic mass is 10.2. The van der Waals surface area contributed by atoms with Crippen molar-refractivity contribution in [3.8, 4) is 28.5 Å². The number of hydrogen-bond acceptors (Lipinski definition) is 2. The molecule has 0 atom stereocenters. The highest BCUT2D eigenvalue weighted by molar-refractivity contribution is 5.61. The summed E-state index contributed by atoms with van der Waals surface area (Å²) in [5, 5.41) is 0. The number of hydrogen-bond donors (Lipinski definition) is 0. The second kappa shape index (κ2) is 8.70. The molecule has 142 valence electrons. The third-order valence-electron chi connectivity index (χ3n) is 4.94. The first-order valence-electron chi connectivity index (χ1n) is 10.0. The summed E-state index contributed by atoms with van der Waals surface area (Å²) < 4.78 is 10.3. The van der Waals surface area contributed by atoms with Gasteiger partial charge in [0.05, 0.1) is 12.7 Å². The summed E-state index contributed by atoms with van der Waals surface area (Å²) in [5.74, 6) is 1.43. The van der Waals surface area contributed by atoms with Crippen molar-refractivity contribution in [3.05, 3.63) is 79.5 Å². The summed E-state index contributed by atoms with van der Waals surface area (Å²) >= 11 is 0. The Balaban J connectivity index is 1.45. The Kier molecular flexibility index (Phi) is 5.66. The van der Waals surface area contributed by atoms with Crippen LogP contribution in [0.3, 0.4) is 0 Å². The molecular weight excluding hydrogens is 346 g/mol. The number of benzene rings is 2. The molecule has 2 aromatic carbocycles. The van der Waals surface area contributed by atoms with E-state index in [1.54, 1.807) is 6.20 Å². The molecule has 2 heterocycles. The monoisotopic (exact) mass is 372 g/mol. The van der Waals surface area contributed by atoms with Gasteiger partial charge >= 0.3 is 0 Å². The fraction of sp³-hybridized carbons (Fsp3) is 0.250. The zero-order chi connectivity index (χ0) is 19.2. The van der Waals surface area contributed by atoms with Crippen LogP contribution in [-0.2, 0) is 6.54 Å². The Bertz CT molecular complexity index is 1000. The predicted octanol–water partition coefficient (Wildman–Crippen LogP) is 5.67. The Morgan fingerprint density at radius 3 is 2.54 bits per heavy atom. The molecule has 28 heavy (non-hydrogen) atoms. The normalized spacial score (nSPS) is 11.0. The second-order valence-corrected chi connectivity index (χ2v) is 7.06. The number of rotatable bonds is 8. The fourth-order valence-electron chi connectivity index (χ4n) is 3.32. The van der Waals surface area contributed by atoms with Gasteiger partial charge in [-0.3, -0.25) is 0 Å². The Morgan fingerprint density at radius 1 is 0.929 bits per heavy atom. The molecule has 2 aromatic heterocycles. The maximum atomic E-state index is 5.95. The smallest absolute Gasteiger partial charge is 0.248 e. The summed E-state index contributed by atoms with van der Waals surface area (Å²) in [4.78, 5) is 4.44. The van der Waals surface area contributed by atoms with Crippen LogP contribution in [0.25, 0.3) is 28.5 Å². The zero-order valence-electron chi connectivity index (χ0n) is 16.3. The van der Waals surface area contributed by atoms with Crippen molar-refractivity contribution in [2.24, 2.45) is 0 Å². The first-order valence-corrected chi connectivity index (χ1v) is 10.0. The average Bonchev–Trinajstić information content (AvgIpc) is 3.42. The third kappa shape index (κ3) is 4.22. The lowest BCUT2D eigenvalue weighted by Crippen LogP contribution is -2.30. The quantitative estimate of drug-likeness (QED) is 0.295. The molecule has 4 heteroatoms. The van der Waals surface area contributed by atoms with Crippen molar-refractivity contribution in [1.82, 2.24) is 9.55 Å². The van der Waals surface area contributed by atoms with E-state index in [4.69, 9.17) is 4.42 Å². The molecule has 0 unspecified atom stereocenters. The van der Waals surface area contributed by atoms with Crippen molar-refractivity contribution in [1.29, 1.82) is 0 Å². The summed E-state index contributed by atoms with van der Waals surface area (Å²) in [7, 11) is 0. The molecule has 0 N–H and O–H groups in total. The zero-order valence-corrected chi connectivity index (χ0v) is 16.3. The van der Waals surface area contributed by atoms with Crippen LogP contribution in [0.5, 0.6) is 0 Å². The van der Waals surface area contributed by atoms with Gasteiger partial charge in [-0.1, -0.05) is 50.1 Å². The van der Waals surface area contributed by atoms with Crippen LogP contribution in [0, 0.1) is 0 Å². The van der Waals surface area contributed by atoms with Crippen LogP contribution in [-0.4, -0.2) is 9.55 Å². The molecule has 0 amide bonds. The van der Waals surface area contributed by atoms with E-state index in [0.29, 0.717) is 5.89 Å². The number of nitrogens with zero attached hydrogens (tertiary/aromatic N) is 3. The largest absolute Gasteiger partial charge is 0.436 e. The highest BCUT2D eigenvalue weighted by Crippen LogP contribution is 2.26. The average molecular weight is 372 g/mol. The standard InChI is InChI=1S/C24H26N3O/c1-2-3-4-8-15-26-16-17-27(19-26)22-13-11-21(12-14-22)24-25-18-23(28-24)20-9-6-5-7-10-20/h5-7,9-14,16-19H,2-4,8,15H2,1H3/q+1. The Hall–Kier alpha value is -3.14. The summed E-state index contributed by atoms with van der Waals surface area (Å²) in [6, 6.07) is 18.4. The van der Waals surface area contributed by atoms with Gasteiger partial charge in [0, 0.05) is 11.1 Å². The molecular formula is C24H26N3O+. The van der Waals surface area contributed by atoms with E-state index in [9.17, 15) is 0 Å². The van der Waals surface area contributed by atoms with E-state index in [2.05, 4.69) is 64.0 Å². The summed E-state index contributed by atoms with van der Waals surface area (Å²) in [6.07, 6.45) is 13.3. The van der Waals surface area contributed by atoms with Crippen molar-refractivity contribution in [3.63, 3.8) is 0 Å². The van der Waals surface area contributed by atoms with Gasteiger partial charge in [0.15, 0.2) is 5.76 Å². The maximum Gasteiger partial charge on any atom is 0.248 e. The van der Waals surface area contributed by atoms with E-state index >= 15 is 0 Å². The highest BCUT2D eigenvalue weighted by Gasteiger charge is 2.10. The van der Waals surface area contributed by atoms with E-state index in [1.807, 2.05) is 30.3 Å². The van der Waals surface area contributed by atoms with Crippen LogP contribution in [0.15, 0.2) is 83.9 Å². The van der Waals surface area contributed by atoms with Gasteiger partial charge in [-0.05, 0) is 37.1 Å². The van der Waals surface area contributed by atoms with Crippen molar-refractivity contribution >= 4 is 0 Å². The molecule has 0 radical (unpaired) electrons. The van der Waals surface area contributed by atoms with Gasteiger partial charge in [0.1, 0.15) is 18.1 Å². The fourth-order valence-corrected chi connectivity index (χ4v) is 3.32. The first-order chi connectivity index (χ1) is 13.8. The molecule has 4 aromatic rings. The van der Waals surface area contributed by atoms with Gasteiger partial charge in [-0.15, -0.1) is 0 Å². The van der Waals surface area contributed by atoms with Gasteiger partial charge in [-0.2, -0.15) is 0 Å². The number of imidazole rings is 1. The summed E-state index contributed by atoms with van der Waals surface area (Å²) in [5.41, 5.74) is 3.14. The molecule has 0 fully saturated rings. The van der Waals surface area contributed by atoms with E-state index < -0.39 is 0 Å². The van der Waals surface area contributed by atoms with Crippen LogP contribution in [0.1, 0.15) is 32.6 Å². The van der Waals surface area contributed by atoms with Crippen molar-refractivity contribution in [2.75, 3.05) is 0 Å². The molecule has 0 saturated carbocycles. The van der Waals surface area contributed by atoms with E-state index in [1.165, 1.54) is 25.7 Å². The van der Waals surface area contributed by atoms with Crippen molar-refractivity contribution in [2.45, 2.75) is 39.2 Å². The van der Waals surface area contributed by atoms with Crippen LogP contribution in [0.2, 0.25) is 0 Å². The maximum absolute atomic E-state index is 5.95. The lowest BCUT2D eigenvalue weighted by Gasteiger charge is -1.99. The molecule has 0 bridgehead atoms. The molecule has 0 saturated heterocycles. The topological polar surface area (TPSA) is 34.8 Å². The van der Waals surface area contributed by atoms with Gasteiger partial charge in [-0.25, -0.2) is 14.1 Å². The van der Waals surface area contributed by atoms with Crippen LogP contribution < -0.4 is 4.57 Å². The molecule has 4 nitrogen and oxygen atoms in total. The Labute approximate surface area is 166 Å². The first kappa shape index (κ1) is 18.2. The molecule has 0 aliphatic heterocycles. The Morgan fingerprint density at radius 2 is 1.75 bits per heavy atom. The van der Waals surface area contributed by atoms with Crippen LogP contribution >= 0.6 is 0 Å². The van der Waals surface area contributed by atoms with E-state index in [0.717, 1.165) is 29.1 Å². The number of aromatic nitrogens is 3. The molecule has 0 aliphatic carbocycles. The lowest BCUT2D eigenvalue weighted by molar-refractivity contribution is -0.696.